The molecule has 0 saturated carbocycles. The van der Waals surface area contributed by atoms with Crippen molar-refractivity contribution in [3.8, 4) is 11.5 Å². The van der Waals surface area contributed by atoms with Gasteiger partial charge in [0.2, 0.25) is 0 Å². The van der Waals surface area contributed by atoms with E-state index in [-0.39, 0.29) is 6.10 Å². The smallest absolute Gasteiger partial charge is 0.166 e. The SMILES string of the molecule is COc1cc(Br)cc(CNCc2nc3ccccc3[nH]2)c1OC(C)C. The maximum Gasteiger partial charge on any atom is 0.166 e. The third-order valence-electron chi connectivity index (χ3n) is 3.72. The van der Waals surface area contributed by atoms with Gasteiger partial charge in [0, 0.05) is 16.6 Å². The first kappa shape index (κ1) is 17.8. The highest BCUT2D eigenvalue weighted by molar-refractivity contribution is 9.10. The average Bonchev–Trinajstić information content (AvgIpc) is 2.99. The van der Waals surface area contributed by atoms with Crippen molar-refractivity contribution in [1.82, 2.24) is 15.3 Å². The van der Waals surface area contributed by atoms with Gasteiger partial charge in [0.25, 0.3) is 0 Å². The summed E-state index contributed by atoms with van der Waals surface area (Å²) < 4.78 is 12.4. The van der Waals surface area contributed by atoms with Gasteiger partial charge in [-0.05, 0) is 38.1 Å². The molecule has 0 aliphatic rings. The number of nitrogens with zero attached hydrogens (tertiary/aromatic N) is 1. The van der Waals surface area contributed by atoms with Gasteiger partial charge < -0.3 is 19.8 Å². The Hall–Kier alpha value is -2.05. The topological polar surface area (TPSA) is 59.2 Å². The van der Waals surface area contributed by atoms with Crippen molar-refractivity contribution >= 4 is 27.0 Å². The summed E-state index contributed by atoms with van der Waals surface area (Å²) in [5.41, 5.74) is 3.07. The molecule has 0 spiro atoms. The molecule has 1 heterocycles. The van der Waals surface area contributed by atoms with E-state index in [1.54, 1.807) is 7.11 Å². The highest BCUT2D eigenvalue weighted by Crippen LogP contribution is 2.35. The molecule has 2 aromatic carbocycles. The van der Waals surface area contributed by atoms with Crippen LogP contribution < -0.4 is 14.8 Å². The molecule has 6 heteroatoms. The summed E-state index contributed by atoms with van der Waals surface area (Å²) in [5, 5.41) is 3.42. The van der Waals surface area contributed by atoms with Crippen molar-refractivity contribution in [3.63, 3.8) is 0 Å². The first-order valence-electron chi connectivity index (χ1n) is 8.24. The number of aromatic amines is 1. The molecule has 0 bridgehead atoms. The van der Waals surface area contributed by atoms with Gasteiger partial charge in [0.05, 0.1) is 30.8 Å². The summed E-state index contributed by atoms with van der Waals surface area (Å²) in [4.78, 5) is 7.91. The van der Waals surface area contributed by atoms with Crippen LogP contribution in [0.2, 0.25) is 0 Å². The molecule has 0 unspecified atom stereocenters. The van der Waals surface area contributed by atoms with Crippen LogP contribution in [0.1, 0.15) is 25.2 Å². The zero-order chi connectivity index (χ0) is 17.8. The van der Waals surface area contributed by atoms with Crippen LogP contribution in [0.4, 0.5) is 0 Å². The van der Waals surface area contributed by atoms with Crippen molar-refractivity contribution in [1.29, 1.82) is 0 Å². The van der Waals surface area contributed by atoms with Crippen molar-refractivity contribution < 1.29 is 9.47 Å². The Bertz CT molecular complexity index is 828. The number of rotatable bonds is 7. The molecule has 0 radical (unpaired) electrons. The summed E-state index contributed by atoms with van der Waals surface area (Å²) in [6.07, 6.45) is 0.0733. The predicted octanol–water partition coefficient (Wildman–Crippen LogP) is 4.41. The molecule has 0 atom stereocenters. The monoisotopic (exact) mass is 403 g/mol. The van der Waals surface area contributed by atoms with Gasteiger partial charge in [-0.15, -0.1) is 0 Å². The van der Waals surface area contributed by atoms with Crippen LogP contribution in [0.15, 0.2) is 40.9 Å². The number of aromatic nitrogens is 2. The number of benzene rings is 2. The lowest BCUT2D eigenvalue weighted by molar-refractivity contribution is 0.227. The number of para-hydroxylation sites is 2. The predicted molar refractivity (Wildman–Crippen MR) is 103 cm³/mol. The normalized spacial score (nSPS) is 11.2. The highest BCUT2D eigenvalue weighted by atomic mass is 79.9. The van der Waals surface area contributed by atoms with E-state index in [1.807, 2.05) is 50.2 Å². The van der Waals surface area contributed by atoms with Crippen molar-refractivity contribution in [3.05, 3.63) is 52.3 Å². The molecule has 1 aromatic heterocycles. The molecule has 25 heavy (non-hydrogen) atoms. The van der Waals surface area contributed by atoms with Gasteiger partial charge in [-0.3, -0.25) is 0 Å². The lowest BCUT2D eigenvalue weighted by atomic mass is 10.1. The molecule has 5 nitrogen and oxygen atoms in total. The Kier molecular flexibility index (Phi) is 5.60. The second-order valence-corrected chi connectivity index (χ2v) is 6.98. The van der Waals surface area contributed by atoms with Gasteiger partial charge in [-0.2, -0.15) is 0 Å². The Balaban J connectivity index is 1.74. The molecule has 0 saturated heterocycles. The lowest BCUT2D eigenvalue weighted by Gasteiger charge is -2.18. The van der Waals surface area contributed by atoms with Crippen molar-refractivity contribution in [2.75, 3.05) is 7.11 Å². The van der Waals surface area contributed by atoms with Crippen molar-refractivity contribution in [2.24, 2.45) is 0 Å². The zero-order valence-electron chi connectivity index (χ0n) is 14.6. The average molecular weight is 404 g/mol. The molecule has 132 valence electrons. The summed E-state index contributed by atoms with van der Waals surface area (Å²) in [6.45, 7) is 5.31. The molecular weight excluding hydrogens is 382 g/mol. The van der Waals surface area contributed by atoms with Crippen LogP contribution in [0.5, 0.6) is 11.5 Å². The van der Waals surface area contributed by atoms with Crippen LogP contribution in [0.3, 0.4) is 0 Å². The quantitative estimate of drug-likeness (QED) is 0.613. The molecule has 0 aliphatic carbocycles. The summed E-state index contributed by atoms with van der Waals surface area (Å²) in [6, 6.07) is 12.0. The van der Waals surface area contributed by atoms with Gasteiger partial charge in [0.1, 0.15) is 5.82 Å². The largest absolute Gasteiger partial charge is 0.493 e. The Morgan fingerprint density at radius 3 is 2.72 bits per heavy atom. The third-order valence-corrected chi connectivity index (χ3v) is 4.17. The number of fused-ring (bicyclic) bond motifs is 1. The van der Waals surface area contributed by atoms with Gasteiger partial charge in [0.15, 0.2) is 11.5 Å². The fraction of sp³-hybridized carbons (Fsp3) is 0.316. The number of halogens is 1. The fourth-order valence-corrected chi connectivity index (χ4v) is 3.16. The second-order valence-electron chi connectivity index (χ2n) is 6.07. The van der Waals surface area contributed by atoms with Crippen LogP contribution in [-0.4, -0.2) is 23.2 Å². The minimum atomic E-state index is 0.0733. The minimum absolute atomic E-state index is 0.0733. The number of nitrogens with one attached hydrogen (secondary N) is 2. The van der Waals surface area contributed by atoms with E-state index >= 15 is 0 Å². The number of imidazole rings is 1. The van der Waals surface area contributed by atoms with E-state index < -0.39 is 0 Å². The Morgan fingerprint density at radius 1 is 1.20 bits per heavy atom. The molecule has 0 fully saturated rings. The van der Waals surface area contributed by atoms with Gasteiger partial charge in [-0.1, -0.05) is 28.1 Å². The molecule has 3 aromatic rings. The molecule has 2 N–H and O–H groups in total. The standard InChI is InChI=1S/C19H22BrN3O2/c1-12(2)25-19-13(8-14(20)9-17(19)24-3)10-21-11-18-22-15-6-4-5-7-16(15)23-18/h4-9,12,21H,10-11H2,1-3H3,(H,22,23). The fourth-order valence-electron chi connectivity index (χ4n) is 2.68. The molecule has 0 aliphatic heterocycles. The maximum absolute atomic E-state index is 5.96. The lowest BCUT2D eigenvalue weighted by Crippen LogP contribution is -2.16. The molecule has 0 amide bonds. The number of ether oxygens (including phenoxy) is 2. The molecular formula is C19H22BrN3O2. The Labute approximate surface area is 155 Å². The van der Waals surface area contributed by atoms with Crippen LogP contribution in [0.25, 0.3) is 11.0 Å². The number of hydrogen-bond acceptors (Lipinski definition) is 4. The number of hydrogen-bond donors (Lipinski definition) is 2. The third kappa shape index (κ3) is 4.32. The van der Waals surface area contributed by atoms with Gasteiger partial charge in [-0.25, -0.2) is 4.98 Å². The first-order valence-corrected chi connectivity index (χ1v) is 9.03. The second kappa shape index (κ2) is 7.89. The van der Waals surface area contributed by atoms with Gasteiger partial charge >= 0.3 is 0 Å². The number of methoxy groups -OCH3 is 1. The van der Waals surface area contributed by atoms with E-state index in [0.717, 1.165) is 38.4 Å². The van der Waals surface area contributed by atoms with E-state index in [4.69, 9.17) is 9.47 Å². The Morgan fingerprint density at radius 2 is 2.00 bits per heavy atom. The van der Waals surface area contributed by atoms with Crippen LogP contribution in [-0.2, 0) is 13.1 Å². The first-order chi connectivity index (χ1) is 12.1. The van der Waals surface area contributed by atoms with E-state index in [0.29, 0.717) is 13.1 Å². The molecule has 3 rings (SSSR count). The van der Waals surface area contributed by atoms with Crippen LogP contribution in [0, 0.1) is 0 Å². The van der Waals surface area contributed by atoms with Crippen molar-refractivity contribution in [2.45, 2.75) is 33.0 Å². The summed E-state index contributed by atoms with van der Waals surface area (Å²) in [5.74, 6) is 2.41. The summed E-state index contributed by atoms with van der Waals surface area (Å²) >= 11 is 3.53. The van der Waals surface area contributed by atoms with E-state index in [1.165, 1.54) is 0 Å². The summed E-state index contributed by atoms with van der Waals surface area (Å²) in [7, 11) is 1.65. The maximum atomic E-state index is 5.96. The van der Waals surface area contributed by atoms with E-state index in [9.17, 15) is 0 Å². The minimum Gasteiger partial charge on any atom is -0.493 e. The zero-order valence-corrected chi connectivity index (χ0v) is 16.2. The number of H-pyrrole nitrogens is 1. The highest BCUT2D eigenvalue weighted by Gasteiger charge is 2.14. The van der Waals surface area contributed by atoms with E-state index in [2.05, 4.69) is 31.2 Å². The van der Waals surface area contributed by atoms with Crippen LogP contribution >= 0.6 is 15.9 Å².